The quantitative estimate of drug-likeness (QED) is 0.0782. The number of rotatable bonds is 17. The van der Waals surface area contributed by atoms with Gasteiger partial charge in [0.2, 0.25) is 35.4 Å². The van der Waals surface area contributed by atoms with E-state index in [1.54, 1.807) is 30.3 Å². The molecule has 7 atom stereocenters. The van der Waals surface area contributed by atoms with E-state index < -0.39 is 71.8 Å². The summed E-state index contributed by atoms with van der Waals surface area (Å²) < 4.78 is 0. The molecule has 2 aliphatic rings. The van der Waals surface area contributed by atoms with Crippen LogP contribution in [0.15, 0.2) is 30.3 Å². The molecule has 0 saturated carbocycles. The summed E-state index contributed by atoms with van der Waals surface area (Å²) in [6, 6.07) is 1.69. The maximum Gasteiger partial charge on any atom is 0.327 e. The lowest BCUT2D eigenvalue weighted by molar-refractivity contribution is -0.142. The van der Waals surface area contributed by atoms with Gasteiger partial charge in [-0.2, -0.15) is 12.6 Å². The lowest BCUT2D eigenvalue weighted by Crippen LogP contribution is -2.61. The number of hydrogen-bond acceptors (Lipinski definition) is 10. The first-order chi connectivity index (χ1) is 22.8. The number of thiol groups is 1. The highest BCUT2D eigenvalue weighted by Gasteiger charge is 2.40. The van der Waals surface area contributed by atoms with Crippen LogP contribution in [0, 0.1) is 0 Å². The van der Waals surface area contributed by atoms with Crippen molar-refractivity contribution in [3.05, 3.63) is 35.9 Å². The minimum absolute atomic E-state index is 0.0485. The summed E-state index contributed by atoms with van der Waals surface area (Å²) in [6.07, 6.45) is 0.329. The molecule has 0 aliphatic carbocycles. The van der Waals surface area contributed by atoms with E-state index in [0.29, 0.717) is 37.9 Å². The Morgan fingerprint density at radius 3 is 2.17 bits per heavy atom. The van der Waals surface area contributed by atoms with Crippen LogP contribution in [0.25, 0.3) is 0 Å². The second-order valence-electron chi connectivity index (χ2n) is 12.0. The zero-order chi connectivity index (χ0) is 35.4. The lowest BCUT2D eigenvalue weighted by Gasteiger charge is -2.30. The number of benzene rings is 1. The van der Waals surface area contributed by atoms with Crippen molar-refractivity contribution in [2.75, 3.05) is 18.8 Å². The maximum atomic E-state index is 13.6. The Morgan fingerprint density at radius 1 is 0.938 bits per heavy atom. The molecule has 2 heterocycles. The summed E-state index contributed by atoms with van der Waals surface area (Å²) in [5, 5.41) is 32.8. The number of aliphatic carboxylic acids is 1. The fourth-order valence-electron chi connectivity index (χ4n) is 5.66. The minimum atomic E-state index is -1.54. The topological polar surface area (TPSA) is 249 Å². The van der Waals surface area contributed by atoms with Crippen LogP contribution in [0.1, 0.15) is 51.0 Å². The Bertz CT molecular complexity index is 1330. The molecular weight excluding hydrogens is 646 g/mol. The Labute approximate surface area is 283 Å². The van der Waals surface area contributed by atoms with E-state index in [1.807, 2.05) is 0 Å². The van der Waals surface area contributed by atoms with E-state index in [9.17, 15) is 43.8 Å². The van der Waals surface area contributed by atoms with Gasteiger partial charge in [0.05, 0.1) is 12.1 Å². The van der Waals surface area contributed by atoms with Gasteiger partial charge in [-0.25, -0.2) is 4.79 Å². The molecule has 0 radical (unpaired) electrons. The van der Waals surface area contributed by atoms with Crippen molar-refractivity contribution in [1.82, 2.24) is 31.5 Å². The number of aliphatic hydroxyl groups excluding tert-OH is 1. The third-order valence-corrected chi connectivity index (χ3v) is 8.65. The number of primary amides is 1. The zero-order valence-electron chi connectivity index (χ0n) is 26.7. The summed E-state index contributed by atoms with van der Waals surface area (Å²) in [5.74, 6) is -5.86. The molecule has 3 rings (SSSR count). The van der Waals surface area contributed by atoms with Crippen molar-refractivity contribution in [2.24, 2.45) is 5.73 Å². The molecular formula is C31H45N7O9S. The average Bonchev–Trinajstić information content (AvgIpc) is 3.77. The number of nitrogens with one attached hydrogen (secondary N) is 5. The predicted octanol–water partition coefficient (Wildman–Crippen LogP) is -2.43. The van der Waals surface area contributed by atoms with Crippen LogP contribution in [-0.2, 0) is 40.0 Å². The maximum absolute atomic E-state index is 13.6. The Kier molecular flexibility index (Phi) is 14.6. The number of hydrogen-bond donors (Lipinski definition) is 9. The Morgan fingerprint density at radius 2 is 1.58 bits per heavy atom. The first-order valence-electron chi connectivity index (χ1n) is 15.9. The molecule has 2 saturated heterocycles. The SMILES string of the molecule is C[C@@H](O)[C@H](NC(=O)[C@@H]1CCCN1C(=O)[C@@H]1CCCN1)C(=O)N[C@@H](CCC(N)=O)C(=O)N[C@@H](Cc1ccccc1)C(=O)N[C@@H](CS)C(=O)O. The monoisotopic (exact) mass is 691 g/mol. The number of nitrogens with two attached hydrogens (primary N) is 1. The largest absolute Gasteiger partial charge is 0.480 e. The molecule has 0 spiro atoms. The molecule has 2 fully saturated rings. The van der Waals surface area contributed by atoms with Crippen LogP contribution in [0.4, 0.5) is 0 Å². The van der Waals surface area contributed by atoms with Gasteiger partial charge in [-0.05, 0) is 51.1 Å². The number of aliphatic hydroxyl groups is 1. The molecule has 1 aromatic carbocycles. The van der Waals surface area contributed by atoms with Crippen LogP contribution in [0.5, 0.6) is 0 Å². The van der Waals surface area contributed by atoms with Crippen molar-refractivity contribution in [3.8, 4) is 0 Å². The number of carboxylic acids is 1. The molecule has 48 heavy (non-hydrogen) atoms. The van der Waals surface area contributed by atoms with Crippen molar-refractivity contribution >= 4 is 54.0 Å². The molecule has 0 aromatic heterocycles. The third-order valence-electron chi connectivity index (χ3n) is 8.28. The van der Waals surface area contributed by atoms with Gasteiger partial charge in [0, 0.05) is 25.1 Å². The van der Waals surface area contributed by atoms with Gasteiger partial charge in [-0.3, -0.25) is 28.8 Å². The molecule has 1 aromatic rings. The highest BCUT2D eigenvalue weighted by atomic mass is 32.1. The minimum Gasteiger partial charge on any atom is -0.480 e. The molecule has 0 unspecified atom stereocenters. The highest BCUT2D eigenvalue weighted by Crippen LogP contribution is 2.21. The van der Waals surface area contributed by atoms with Crippen molar-refractivity contribution in [2.45, 2.75) is 94.2 Å². The molecule has 2 aliphatic heterocycles. The van der Waals surface area contributed by atoms with Crippen LogP contribution in [-0.4, -0.2) is 118 Å². The van der Waals surface area contributed by atoms with E-state index in [2.05, 4.69) is 39.2 Å². The molecule has 16 nitrogen and oxygen atoms in total. The van der Waals surface area contributed by atoms with Crippen molar-refractivity contribution in [1.29, 1.82) is 0 Å². The Hall–Kier alpha value is -4.22. The third kappa shape index (κ3) is 10.9. The Balaban J connectivity index is 1.76. The molecule has 0 bridgehead atoms. The average molecular weight is 692 g/mol. The summed E-state index contributed by atoms with van der Waals surface area (Å²) in [4.78, 5) is 91.2. The number of nitrogens with zero attached hydrogens (tertiary/aromatic N) is 1. The van der Waals surface area contributed by atoms with Crippen molar-refractivity contribution in [3.63, 3.8) is 0 Å². The first-order valence-corrected chi connectivity index (χ1v) is 16.5. The number of carbonyl (C=O) groups excluding carboxylic acids is 6. The fraction of sp³-hybridized carbons (Fsp3) is 0.581. The summed E-state index contributed by atoms with van der Waals surface area (Å²) in [7, 11) is 0. The molecule has 6 amide bonds. The van der Waals surface area contributed by atoms with Gasteiger partial charge in [-0.15, -0.1) is 0 Å². The lowest BCUT2D eigenvalue weighted by atomic mass is 10.0. The van der Waals surface area contributed by atoms with Crippen LogP contribution >= 0.6 is 12.6 Å². The highest BCUT2D eigenvalue weighted by molar-refractivity contribution is 7.80. The normalized spacial score (nSPS) is 20.4. The second kappa shape index (κ2) is 18.4. The van der Waals surface area contributed by atoms with E-state index in [1.165, 1.54) is 11.8 Å². The summed E-state index contributed by atoms with van der Waals surface area (Å²) in [5.41, 5.74) is 5.94. The molecule has 9 N–H and O–H groups in total. The summed E-state index contributed by atoms with van der Waals surface area (Å²) in [6.45, 7) is 2.34. The number of carboxylic acid groups (broad SMARTS) is 1. The molecule has 17 heteroatoms. The molecule has 264 valence electrons. The first kappa shape index (κ1) is 38.2. The summed E-state index contributed by atoms with van der Waals surface area (Å²) >= 11 is 3.96. The van der Waals surface area contributed by atoms with E-state index in [0.717, 1.165) is 6.42 Å². The van der Waals surface area contributed by atoms with Gasteiger partial charge in [-0.1, -0.05) is 30.3 Å². The van der Waals surface area contributed by atoms with Gasteiger partial charge in [0.15, 0.2) is 0 Å². The van der Waals surface area contributed by atoms with Gasteiger partial charge in [0.25, 0.3) is 0 Å². The number of likely N-dealkylation sites (tertiary alicyclic amines) is 1. The smallest absolute Gasteiger partial charge is 0.327 e. The standard InChI is InChI=1S/C31H45N7O9S/c1-17(39)25(37-28(43)23-10-6-14-38(23)30(45)20-9-5-13-33-20)29(44)34-19(11-12-24(32)40)26(41)35-21(15-18-7-3-2-4-8-18)27(42)36-22(16-48)31(46)47/h2-4,7-8,17,19-23,25,33,39,48H,5-6,9-16H2,1H3,(H2,32,40)(H,34,44)(H,35,41)(H,36,42)(H,37,43)(H,46,47)/t17-,19+,20+,21+,22+,23+,25+/m1/s1. The van der Waals surface area contributed by atoms with E-state index in [-0.39, 0.29) is 37.0 Å². The van der Waals surface area contributed by atoms with Crippen LogP contribution < -0.4 is 32.3 Å². The zero-order valence-corrected chi connectivity index (χ0v) is 27.6. The second-order valence-corrected chi connectivity index (χ2v) is 12.3. The van der Waals surface area contributed by atoms with Crippen LogP contribution in [0.2, 0.25) is 0 Å². The van der Waals surface area contributed by atoms with Gasteiger partial charge >= 0.3 is 5.97 Å². The van der Waals surface area contributed by atoms with Gasteiger partial charge < -0.3 is 47.4 Å². The fourth-order valence-corrected chi connectivity index (χ4v) is 5.91. The van der Waals surface area contributed by atoms with Crippen LogP contribution in [0.3, 0.4) is 0 Å². The van der Waals surface area contributed by atoms with Gasteiger partial charge in [0.1, 0.15) is 30.2 Å². The van der Waals surface area contributed by atoms with E-state index in [4.69, 9.17) is 5.73 Å². The predicted molar refractivity (Wildman–Crippen MR) is 175 cm³/mol. The van der Waals surface area contributed by atoms with E-state index >= 15 is 0 Å². The number of amides is 6. The number of carbonyl (C=O) groups is 7. The van der Waals surface area contributed by atoms with Crippen molar-refractivity contribution < 1.29 is 43.8 Å².